The Morgan fingerprint density at radius 1 is 1.09 bits per heavy atom. The van der Waals surface area contributed by atoms with Crippen LogP contribution in [-0.4, -0.2) is 22.5 Å². The van der Waals surface area contributed by atoms with Gasteiger partial charge in [0.05, 0.1) is 15.6 Å². The van der Waals surface area contributed by atoms with Crippen molar-refractivity contribution >= 4 is 36.9 Å². The Labute approximate surface area is 193 Å². The number of pyridine rings is 1. The Morgan fingerprint density at radius 3 is 2.34 bits per heavy atom. The number of halogens is 2. The van der Waals surface area contributed by atoms with Crippen molar-refractivity contribution in [1.29, 1.82) is 0 Å². The summed E-state index contributed by atoms with van der Waals surface area (Å²) in [6, 6.07) is 15.2. The minimum atomic E-state index is -4.18. The first-order valence-corrected chi connectivity index (χ1v) is 11.5. The summed E-state index contributed by atoms with van der Waals surface area (Å²) >= 11 is 12.1. The lowest BCUT2D eigenvalue weighted by atomic mass is 10.0. The van der Waals surface area contributed by atoms with Gasteiger partial charge in [0.1, 0.15) is 6.73 Å². The van der Waals surface area contributed by atoms with Crippen LogP contribution in [0.3, 0.4) is 0 Å². The molecule has 0 bridgehead atoms. The van der Waals surface area contributed by atoms with Gasteiger partial charge in [0.15, 0.2) is 0 Å². The molecule has 168 valence electrons. The molecule has 1 heterocycles. The predicted molar refractivity (Wildman–Crippen MR) is 122 cm³/mol. The van der Waals surface area contributed by atoms with Crippen molar-refractivity contribution in [3.63, 3.8) is 0 Å². The third-order valence-electron chi connectivity index (χ3n) is 4.52. The van der Waals surface area contributed by atoms with Crippen molar-refractivity contribution in [2.45, 2.75) is 13.3 Å². The number of nitrogens with one attached hydrogen (secondary N) is 1. The highest BCUT2D eigenvalue weighted by Gasteiger charge is 2.18. The maximum Gasteiger partial charge on any atom is 0.473 e. The molecule has 0 spiro atoms. The average molecular weight is 497 g/mol. The lowest BCUT2D eigenvalue weighted by Crippen LogP contribution is -2.23. The van der Waals surface area contributed by atoms with E-state index in [1.165, 1.54) is 12.3 Å². The second-order valence-corrected chi connectivity index (χ2v) is 8.98. The minimum Gasteiger partial charge on any atom is -0.348 e. The number of phosphoric ester groups is 1. The molecule has 0 aliphatic rings. The first-order chi connectivity index (χ1) is 15.2. The highest BCUT2D eigenvalue weighted by atomic mass is 35.5. The lowest BCUT2D eigenvalue weighted by Gasteiger charge is -2.11. The molecule has 0 saturated carbocycles. The Hall–Kier alpha value is -2.45. The summed E-state index contributed by atoms with van der Waals surface area (Å²) in [7, 11) is -3.14. The Bertz CT molecular complexity index is 1210. The van der Waals surface area contributed by atoms with E-state index in [1.54, 1.807) is 24.3 Å². The van der Waals surface area contributed by atoms with E-state index < -0.39 is 20.1 Å². The van der Waals surface area contributed by atoms with Crippen molar-refractivity contribution in [3.8, 4) is 11.1 Å². The number of amides is 1. The molecule has 0 radical (unpaired) electrons. The van der Waals surface area contributed by atoms with Crippen LogP contribution in [-0.2, 0) is 26.9 Å². The third-order valence-corrected chi connectivity index (χ3v) is 6.05. The van der Waals surface area contributed by atoms with Gasteiger partial charge in [-0.1, -0.05) is 53.5 Å². The second kappa shape index (κ2) is 10.4. The molecule has 0 aliphatic heterocycles. The molecule has 1 aromatic heterocycles. The van der Waals surface area contributed by atoms with E-state index >= 15 is 0 Å². The molecule has 3 aromatic rings. The van der Waals surface area contributed by atoms with Gasteiger partial charge in [-0.3, -0.25) is 23.2 Å². The largest absolute Gasteiger partial charge is 0.473 e. The van der Waals surface area contributed by atoms with Crippen LogP contribution in [0.5, 0.6) is 0 Å². The fraction of sp³-hybridized carbons (Fsp3) is 0.143. The zero-order valence-corrected chi connectivity index (χ0v) is 19.2. The summed E-state index contributed by atoms with van der Waals surface area (Å²) in [5.74, 6) is -0.378. The predicted octanol–water partition coefficient (Wildman–Crippen LogP) is 4.47. The number of aromatic nitrogens is 1. The van der Waals surface area contributed by atoms with Crippen LogP contribution >= 0.6 is 31.0 Å². The molecular weight excluding hydrogens is 478 g/mol. The molecule has 11 heteroatoms. The van der Waals surface area contributed by atoms with Crippen molar-refractivity contribution < 1.29 is 23.3 Å². The molecule has 1 unspecified atom stereocenters. The van der Waals surface area contributed by atoms with Crippen molar-refractivity contribution in [2.24, 2.45) is 0 Å². The molecule has 2 aromatic carbocycles. The smallest absolute Gasteiger partial charge is 0.348 e. The van der Waals surface area contributed by atoms with Gasteiger partial charge >= 0.3 is 7.82 Å². The monoisotopic (exact) mass is 496 g/mol. The summed E-state index contributed by atoms with van der Waals surface area (Å²) in [4.78, 5) is 33.9. The summed E-state index contributed by atoms with van der Waals surface area (Å²) in [5, 5.41) is 3.32. The lowest BCUT2D eigenvalue weighted by molar-refractivity contribution is 0.0951. The van der Waals surface area contributed by atoms with Gasteiger partial charge in [0.2, 0.25) is 0 Å². The van der Waals surface area contributed by atoms with Crippen LogP contribution < -0.4 is 10.9 Å². The fourth-order valence-electron chi connectivity index (χ4n) is 2.78. The van der Waals surface area contributed by atoms with E-state index in [2.05, 4.69) is 9.84 Å². The van der Waals surface area contributed by atoms with Gasteiger partial charge in [0.25, 0.3) is 11.5 Å². The summed E-state index contributed by atoms with van der Waals surface area (Å²) < 4.78 is 21.5. The number of hydrogen-bond acceptors (Lipinski definition) is 5. The number of carbonyl (C=O) groups excluding carboxylic acids is 1. The number of carbonyl (C=O) groups is 1. The Balaban J connectivity index is 1.65. The quantitative estimate of drug-likeness (QED) is 0.445. The number of benzene rings is 2. The SMILES string of the molecule is COP(=O)(O)OCn1ccc(-c2ccc(CNC(=O)c3c(Cl)cccc3Cl)cc2)cc1=O. The van der Waals surface area contributed by atoms with Crippen LogP contribution in [0.2, 0.25) is 10.0 Å². The van der Waals surface area contributed by atoms with E-state index in [4.69, 9.17) is 27.7 Å². The fourth-order valence-corrected chi connectivity index (χ4v) is 3.73. The van der Waals surface area contributed by atoms with Crippen LogP contribution in [0, 0.1) is 0 Å². The topological polar surface area (TPSA) is 107 Å². The molecular formula is C21H19Cl2N2O6P. The van der Waals surface area contributed by atoms with Crippen LogP contribution in [0.15, 0.2) is 65.6 Å². The zero-order chi connectivity index (χ0) is 23.3. The first-order valence-electron chi connectivity index (χ1n) is 9.25. The average Bonchev–Trinajstić information content (AvgIpc) is 2.77. The third kappa shape index (κ3) is 6.07. The first kappa shape index (κ1) is 24.2. The van der Waals surface area contributed by atoms with Gasteiger partial charge in [0, 0.05) is 25.9 Å². The van der Waals surface area contributed by atoms with Gasteiger partial charge in [-0.2, -0.15) is 0 Å². The van der Waals surface area contributed by atoms with Gasteiger partial charge < -0.3 is 10.2 Å². The zero-order valence-electron chi connectivity index (χ0n) is 16.8. The van der Waals surface area contributed by atoms with Gasteiger partial charge in [-0.05, 0) is 34.9 Å². The summed E-state index contributed by atoms with van der Waals surface area (Å²) in [6.45, 7) is -0.158. The molecule has 3 rings (SSSR count). The molecule has 0 fully saturated rings. The van der Waals surface area contributed by atoms with E-state index in [0.29, 0.717) is 5.56 Å². The van der Waals surface area contributed by atoms with E-state index in [1.807, 2.05) is 24.3 Å². The van der Waals surface area contributed by atoms with E-state index in [0.717, 1.165) is 22.8 Å². The molecule has 0 aliphatic carbocycles. The summed E-state index contributed by atoms with van der Waals surface area (Å²) in [6.07, 6.45) is 1.45. The van der Waals surface area contributed by atoms with Crippen LogP contribution in [0.1, 0.15) is 15.9 Å². The summed E-state index contributed by atoms with van der Waals surface area (Å²) in [5.41, 5.74) is 2.09. The normalized spacial score (nSPS) is 12.9. The van der Waals surface area contributed by atoms with Crippen molar-refractivity contribution in [2.75, 3.05) is 7.11 Å². The van der Waals surface area contributed by atoms with E-state index in [9.17, 15) is 19.0 Å². The number of rotatable bonds is 8. The van der Waals surface area contributed by atoms with E-state index in [-0.39, 0.29) is 28.1 Å². The highest BCUT2D eigenvalue weighted by molar-refractivity contribution is 7.47. The standard InChI is InChI=1S/C21H19Cl2N2O6P/c1-30-32(28,29)31-13-25-10-9-16(11-19(25)26)15-7-5-14(6-8-15)12-24-21(27)20-17(22)3-2-4-18(20)23/h2-11H,12-13H2,1H3,(H,24,27)(H,28,29). The van der Waals surface area contributed by atoms with Crippen LogP contribution in [0.4, 0.5) is 0 Å². The highest BCUT2D eigenvalue weighted by Crippen LogP contribution is 2.42. The van der Waals surface area contributed by atoms with Gasteiger partial charge in [-0.15, -0.1) is 0 Å². The Morgan fingerprint density at radius 2 is 1.75 bits per heavy atom. The molecule has 1 amide bonds. The second-order valence-electron chi connectivity index (χ2n) is 6.61. The molecule has 0 saturated heterocycles. The Kier molecular flexibility index (Phi) is 7.90. The maximum atomic E-state index is 12.4. The number of nitrogens with zero attached hydrogens (tertiary/aromatic N) is 1. The van der Waals surface area contributed by atoms with Gasteiger partial charge in [-0.25, -0.2) is 4.57 Å². The molecule has 2 N–H and O–H groups in total. The maximum absolute atomic E-state index is 12.4. The number of hydrogen-bond donors (Lipinski definition) is 2. The minimum absolute atomic E-state index is 0.222. The molecule has 32 heavy (non-hydrogen) atoms. The molecule has 8 nitrogen and oxygen atoms in total. The molecule has 1 atom stereocenters. The van der Waals surface area contributed by atoms with Crippen LogP contribution in [0.25, 0.3) is 11.1 Å². The van der Waals surface area contributed by atoms with Crippen molar-refractivity contribution in [1.82, 2.24) is 9.88 Å². The number of phosphoric acid groups is 1. The van der Waals surface area contributed by atoms with Crippen molar-refractivity contribution in [3.05, 3.63) is 92.3 Å².